The fourth-order valence-electron chi connectivity index (χ4n) is 0.776. The van der Waals surface area contributed by atoms with Gasteiger partial charge in [0.1, 0.15) is 5.75 Å². The molecule has 0 aliphatic heterocycles. The molecule has 64 valence electrons. The number of rotatable bonds is 2. The van der Waals surface area contributed by atoms with Crippen LogP contribution in [0.1, 0.15) is 6.92 Å². The van der Waals surface area contributed by atoms with Crippen molar-refractivity contribution < 1.29 is 4.74 Å². The Morgan fingerprint density at radius 3 is 2.67 bits per heavy atom. The molecule has 0 heterocycles. The third-order valence-corrected chi connectivity index (χ3v) is 1.50. The molecule has 0 atom stereocenters. The van der Waals surface area contributed by atoms with Crippen molar-refractivity contribution in [3.63, 3.8) is 0 Å². The van der Waals surface area contributed by atoms with Crippen molar-refractivity contribution in [2.75, 3.05) is 6.54 Å². The zero-order valence-electron chi connectivity index (χ0n) is 6.91. The molecule has 1 rings (SSSR count). The van der Waals surface area contributed by atoms with Gasteiger partial charge in [0.05, 0.1) is 0 Å². The average Bonchev–Trinajstić information content (AvgIpc) is 2.06. The van der Waals surface area contributed by atoms with Crippen molar-refractivity contribution in [3.05, 3.63) is 30.3 Å². The highest BCUT2D eigenvalue weighted by Crippen LogP contribution is 2.07. The average molecular weight is 181 g/mol. The van der Waals surface area contributed by atoms with Crippen LogP contribution in [-0.4, -0.2) is 11.7 Å². The molecule has 12 heavy (non-hydrogen) atoms. The predicted octanol–water partition coefficient (Wildman–Crippen LogP) is 1.96. The van der Waals surface area contributed by atoms with E-state index in [2.05, 4.69) is 5.32 Å². The van der Waals surface area contributed by atoms with Crippen molar-refractivity contribution in [2.45, 2.75) is 6.92 Å². The Bertz CT molecular complexity index is 248. The Kier molecular flexibility index (Phi) is 3.54. The summed E-state index contributed by atoms with van der Waals surface area (Å²) in [5.74, 6) is 0.767. The summed E-state index contributed by atoms with van der Waals surface area (Å²) in [5, 5.41) is 3.32. The minimum absolute atomic E-state index is 0.420. The van der Waals surface area contributed by atoms with Crippen molar-refractivity contribution >= 4 is 17.4 Å². The fraction of sp³-hybridized carbons (Fsp3) is 0.222. The second-order valence-corrected chi connectivity index (χ2v) is 2.60. The zero-order valence-corrected chi connectivity index (χ0v) is 7.73. The van der Waals surface area contributed by atoms with E-state index in [9.17, 15) is 0 Å². The van der Waals surface area contributed by atoms with E-state index in [1.165, 1.54) is 0 Å². The van der Waals surface area contributed by atoms with Gasteiger partial charge in [0, 0.05) is 6.54 Å². The largest absolute Gasteiger partial charge is 0.432 e. The molecular formula is C9H11NOS. The number of benzene rings is 1. The lowest BCUT2D eigenvalue weighted by Crippen LogP contribution is -2.25. The van der Waals surface area contributed by atoms with Crippen LogP contribution in [-0.2, 0) is 0 Å². The highest BCUT2D eigenvalue weighted by molar-refractivity contribution is 7.80. The van der Waals surface area contributed by atoms with Crippen molar-refractivity contribution in [1.82, 2.24) is 5.32 Å². The van der Waals surface area contributed by atoms with Crippen LogP contribution in [0.3, 0.4) is 0 Å². The van der Waals surface area contributed by atoms with Crippen LogP contribution >= 0.6 is 12.2 Å². The summed E-state index contributed by atoms with van der Waals surface area (Å²) >= 11 is 4.90. The third-order valence-electron chi connectivity index (χ3n) is 1.27. The van der Waals surface area contributed by atoms with Gasteiger partial charge in [-0.15, -0.1) is 0 Å². The summed E-state index contributed by atoms with van der Waals surface area (Å²) in [6, 6.07) is 9.48. The molecule has 1 N–H and O–H groups in total. The van der Waals surface area contributed by atoms with Crippen LogP contribution in [0.25, 0.3) is 0 Å². The van der Waals surface area contributed by atoms with E-state index in [0.29, 0.717) is 5.17 Å². The topological polar surface area (TPSA) is 21.3 Å². The van der Waals surface area contributed by atoms with Crippen molar-refractivity contribution in [2.24, 2.45) is 0 Å². The minimum Gasteiger partial charge on any atom is -0.432 e. The zero-order chi connectivity index (χ0) is 8.81. The highest BCUT2D eigenvalue weighted by Gasteiger charge is 1.95. The van der Waals surface area contributed by atoms with E-state index in [1.807, 2.05) is 37.3 Å². The van der Waals surface area contributed by atoms with E-state index in [4.69, 9.17) is 17.0 Å². The molecule has 0 radical (unpaired) electrons. The Morgan fingerprint density at radius 1 is 1.42 bits per heavy atom. The van der Waals surface area contributed by atoms with Crippen LogP contribution in [0.5, 0.6) is 5.75 Å². The van der Waals surface area contributed by atoms with Gasteiger partial charge in [0.2, 0.25) is 0 Å². The van der Waals surface area contributed by atoms with Crippen LogP contribution in [0.4, 0.5) is 0 Å². The molecule has 1 aromatic rings. The van der Waals surface area contributed by atoms with Gasteiger partial charge in [-0.3, -0.25) is 0 Å². The molecule has 0 saturated carbocycles. The molecule has 0 amide bonds. The minimum atomic E-state index is 0.420. The number of para-hydroxylation sites is 1. The first kappa shape index (κ1) is 9.00. The molecule has 0 spiro atoms. The van der Waals surface area contributed by atoms with E-state index < -0.39 is 0 Å². The van der Waals surface area contributed by atoms with E-state index in [1.54, 1.807) is 0 Å². The quantitative estimate of drug-likeness (QED) is 0.705. The molecule has 0 unspecified atom stereocenters. The molecule has 0 saturated heterocycles. The maximum atomic E-state index is 5.28. The van der Waals surface area contributed by atoms with Gasteiger partial charge >= 0.3 is 0 Å². The van der Waals surface area contributed by atoms with Gasteiger partial charge in [-0.05, 0) is 31.3 Å². The van der Waals surface area contributed by atoms with Gasteiger partial charge < -0.3 is 10.1 Å². The van der Waals surface area contributed by atoms with Crippen molar-refractivity contribution in [3.8, 4) is 5.75 Å². The Labute approximate surface area is 77.5 Å². The predicted molar refractivity (Wildman–Crippen MR) is 53.3 cm³/mol. The number of nitrogens with one attached hydrogen (secondary N) is 1. The van der Waals surface area contributed by atoms with Crippen LogP contribution in [0, 0.1) is 0 Å². The molecule has 0 fully saturated rings. The fourth-order valence-corrected chi connectivity index (χ4v) is 1.02. The maximum absolute atomic E-state index is 5.28. The molecule has 0 aromatic heterocycles. The summed E-state index contributed by atoms with van der Waals surface area (Å²) in [6.45, 7) is 2.76. The summed E-state index contributed by atoms with van der Waals surface area (Å²) in [7, 11) is 0. The summed E-state index contributed by atoms with van der Waals surface area (Å²) in [4.78, 5) is 0. The number of hydrogen-bond donors (Lipinski definition) is 1. The first-order valence-corrected chi connectivity index (χ1v) is 4.24. The van der Waals surface area contributed by atoms with Crippen molar-refractivity contribution in [1.29, 1.82) is 0 Å². The molecule has 1 aromatic carbocycles. The van der Waals surface area contributed by atoms with Crippen LogP contribution in [0.15, 0.2) is 30.3 Å². The second-order valence-electron chi connectivity index (χ2n) is 2.23. The molecule has 0 aliphatic rings. The van der Waals surface area contributed by atoms with Gasteiger partial charge in [-0.1, -0.05) is 18.2 Å². The normalized spacial score (nSPS) is 9.08. The van der Waals surface area contributed by atoms with Gasteiger partial charge in [0.25, 0.3) is 5.17 Å². The van der Waals surface area contributed by atoms with E-state index >= 15 is 0 Å². The number of ether oxygens (including phenoxy) is 1. The van der Waals surface area contributed by atoms with Gasteiger partial charge in [0.15, 0.2) is 0 Å². The highest BCUT2D eigenvalue weighted by atomic mass is 32.1. The lowest BCUT2D eigenvalue weighted by molar-refractivity contribution is 0.535. The summed E-state index contributed by atoms with van der Waals surface area (Å²) < 4.78 is 5.28. The van der Waals surface area contributed by atoms with E-state index in [-0.39, 0.29) is 0 Å². The monoisotopic (exact) mass is 181 g/mol. The Hall–Kier alpha value is -1.09. The maximum Gasteiger partial charge on any atom is 0.262 e. The SMILES string of the molecule is CCNC(=S)Oc1ccccc1. The van der Waals surface area contributed by atoms with E-state index in [0.717, 1.165) is 12.3 Å². The van der Waals surface area contributed by atoms with Gasteiger partial charge in [-0.2, -0.15) is 0 Å². The lowest BCUT2D eigenvalue weighted by atomic mass is 10.3. The Balaban J connectivity index is 2.47. The van der Waals surface area contributed by atoms with Gasteiger partial charge in [-0.25, -0.2) is 0 Å². The van der Waals surface area contributed by atoms with Crippen LogP contribution in [0.2, 0.25) is 0 Å². The summed E-state index contributed by atoms with van der Waals surface area (Å²) in [6.07, 6.45) is 0. The summed E-state index contributed by atoms with van der Waals surface area (Å²) in [5.41, 5.74) is 0. The first-order chi connectivity index (χ1) is 5.83. The smallest absolute Gasteiger partial charge is 0.262 e. The molecule has 2 nitrogen and oxygen atoms in total. The lowest BCUT2D eigenvalue weighted by Gasteiger charge is -2.06. The second kappa shape index (κ2) is 4.72. The molecular weight excluding hydrogens is 170 g/mol. The molecule has 0 aliphatic carbocycles. The molecule has 3 heteroatoms. The first-order valence-electron chi connectivity index (χ1n) is 3.83. The standard InChI is InChI=1S/C9H11NOS/c1-2-10-9(12)11-8-6-4-3-5-7-8/h3-7H,2H2,1H3,(H,10,12). The number of thiocarbonyl (C=S) groups is 1. The number of hydrogen-bond acceptors (Lipinski definition) is 2. The molecule has 0 bridgehead atoms. The Morgan fingerprint density at radius 2 is 2.08 bits per heavy atom. The van der Waals surface area contributed by atoms with Crippen LogP contribution < -0.4 is 10.1 Å². The third kappa shape index (κ3) is 2.88.